The van der Waals surface area contributed by atoms with E-state index < -0.39 is 18.0 Å². The number of fused-ring (bicyclic) bond motifs is 5. The third-order valence-corrected chi connectivity index (χ3v) is 12.8. The molecule has 3 N–H and O–H groups in total. The molecule has 0 bridgehead atoms. The number of aliphatic carboxylic acids is 1. The molecular weight excluding hydrogens is 436 g/mol. The Labute approximate surface area is 214 Å². The Kier molecular flexibility index (Phi) is 6.88. The van der Waals surface area contributed by atoms with Crippen LogP contribution in [0.3, 0.4) is 0 Å². The first-order valence-corrected chi connectivity index (χ1v) is 14.4. The first kappa shape index (κ1) is 27.2. The quantitative estimate of drug-likeness (QED) is 0.364. The lowest BCUT2D eigenvalue weighted by molar-refractivity contribution is -0.201. The summed E-state index contributed by atoms with van der Waals surface area (Å²) in [6, 6.07) is 0. The summed E-state index contributed by atoms with van der Waals surface area (Å²) < 4.78 is 0. The SMILES string of the molecule is C=C(CC[C@@H](C(=O)O)[C@H]1[C@H](O)C[C@@]2(C)C3CC[C@H]4C(C)(C)C(O)CC[C@]4(C)C3CC[C@]12C)C(C)C. The van der Waals surface area contributed by atoms with Gasteiger partial charge in [0, 0.05) is 5.92 Å². The zero-order valence-electron chi connectivity index (χ0n) is 23.4. The molecule has 4 saturated carbocycles. The monoisotopic (exact) mass is 488 g/mol. The predicted molar refractivity (Wildman–Crippen MR) is 141 cm³/mol. The van der Waals surface area contributed by atoms with E-state index in [2.05, 4.69) is 55.0 Å². The van der Waals surface area contributed by atoms with E-state index in [0.717, 1.165) is 50.5 Å². The van der Waals surface area contributed by atoms with Crippen LogP contribution in [-0.4, -0.2) is 33.5 Å². The number of carboxylic acids is 1. The molecule has 0 amide bonds. The Hall–Kier alpha value is -0.870. The molecule has 0 aromatic rings. The van der Waals surface area contributed by atoms with Crippen LogP contribution in [0.1, 0.15) is 106 Å². The van der Waals surface area contributed by atoms with Crippen molar-refractivity contribution in [3.05, 3.63) is 12.2 Å². The fraction of sp³-hybridized carbons (Fsp3) is 0.903. The summed E-state index contributed by atoms with van der Waals surface area (Å²) in [6.07, 6.45) is 7.55. The van der Waals surface area contributed by atoms with Gasteiger partial charge in [-0.3, -0.25) is 4.79 Å². The van der Waals surface area contributed by atoms with Crippen molar-refractivity contribution in [2.24, 2.45) is 57.2 Å². The van der Waals surface area contributed by atoms with E-state index in [1.54, 1.807) is 0 Å². The van der Waals surface area contributed by atoms with E-state index in [0.29, 0.717) is 36.5 Å². The van der Waals surface area contributed by atoms with Gasteiger partial charge in [-0.2, -0.15) is 0 Å². The number of carboxylic acid groups (broad SMARTS) is 1. The minimum absolute atomic E-state index is 0.0586. The van der Waals surface area contributed by atoms with Crippen molar-refractivity contribution in [3.63, 3.8) is 0 Å². The molecule has 0 heterocycles. The van der Waals surface area contributed by atoms with Gasteiger partial charge < -0.3 is 15.3 Å². The molecule has 0 aromatic heterocycles. The summed E-state index contributed by atoms with van der Waals surface area (Å²) in [5, 5.41) is 32.7. The van der Waals surface area contributed by atoms with E-state index in [-0.39, 0.29) is 33.7 Å². The number of rotatable bonds is 6. The molecule has 4 rings (SSSR count). The fourth-order valence-corrected chi connectivity index (χ4v) is 10.4. The Morgan fingerprint density at radius 3 is 2.20 bits per heavy atom. The Morgan fingerprint density at radius 2 is 1.60 bits per heavy atom. The summed E-state index contributed by atoms with van der Waals surface area (Å²) in [7, 11) is 0. The second-order valence-corrected chi connectivity index (χ2v) is 14.7. The third-order valence-electron chi connectivity index (χ3n) is 12.8. The molecule has 0 radical (unpaired) electrons. The Bertz CT molecular complexity index is 847. The summed E-state index contributed by atoms with van der Waals surface area (Å²) in [5.74, 6) is 0.471. The van der Waals surface area contributed by atoms with Crippen LogP contribution in [0.4, 0.5) is 0 Å². The minimum atomic E-state index is -0.753. The number of carbonyl (C=O) groups is 1. The van der Waals surface area contributed by atoms with Crippen LogP contribution >= 0.6 is 0 Å². The topological polar surface area (TPSA) is 77.8 Å². The highest BCUT2D eigenvalue weighted by Gasteiger charge is 2.70. The van der Waals surface area contributed by atoms with E-state index in [9.17, 15) is 20.1 Å². The van der Waals surface area contributed by atoms with Gasteiger partial charge in [0.25, 0.3) is 0 Å². The number of aliphatic hydroxyl groups excluding tert-OH is 2. The van der Waals surface area contributed by atoms with E-state index in [1.807, 2.05) is 0 Å². The van der Waals surface area contributed by atoms with Gasteiger partial charge in [0.2, 0.25) is 0 Å². The highest BCUT2D eigenvalue weighted by atomic mass is 16.4. The predicted octanol–water partition coefficient (Wildman–Crippen LogP) is 6.70. The molecule has 3 unspecified atom stereocenters. The number of allylic oxidation sites excluding steroid dienone is 1. The third kappa shape index (κ3) is 3.87. The van der Waals surface area contributed by atoms with Gasteiger partial charge in [-0.1, -0.05) is 60.6 Å². The molecule has 0 saturated heterocycles. The molecule has 0 spiro atoms. The minimum Gasteiger partial charge on any atom is -0.481 e. The number of hydrogen-bond donors (Lipinski definition) is 3. The second kappa shape index (κ2) is 8.86. The number of hydrogen-bond acceptors (Lipinski definition) is 3. The molecule has 10 atom stereocenters. The average molecular weight is 489 g/mol. The van der Waals surface area contributed by atoms with Crippen LogP contribution in [0.2, 0.25) is 0 Å². The van der Waals surface area contributed by atoms with Crippen molar-refractivity contribution in [3.8, 4) is 0 Å². The number of aliphatic hydroxyl groups is 2. The van der Waals surface area contributed by atoms with Crippen molar-refractivity contribution < 1.29 is 20.1 Å². The molecule has 4 fully saturated rings. The van der Waals surface area contributed by atoms with Crippen molar-refractivity contribution in [1.29, 1.82) is 0 Å². The lowest BCUT2D eigenvalue weighted by Gasteiger charge is -2.67. The summed E-state index contributed by atoms with van der Waals surface area (Å²) in [6.45, 7) is 20.2. The highest BCUT2D eigenvalue weighted by Crippen LogP contribution is 2.74. The van der Waals surface area contributed by atoms with Crippen LogP contribution in [0.25, 0.3) is 0 Å². The van der Waals surface area contributed by atoms with Crippen molar-refractivity contribution >= 4 is 5.97 Å². The van der Waals surface area contributed by atoms with Crippen molar-refractivity contribution in [1.82, 2.24) is 0 Å². The van der Waals surface area contributed by atoms with Gasteiger partial charge in [0.15, 0.2) is 0 Å². The van der Waals surface area contributed by atoms with E-state index >= 15 is 0 Å². The molecule has 4 aliphatic carbocycles. The molecule has 4 aliphatic rings. The van der Waals surface area contributed by atoms with Crippen LogP contribution in [-0.2, 0) is 4.79 Å². The van der Waals surface area contributed by atoms with Gasteiger partial charge in [0.05, 0.1) is 18.1 Å². The van der Waals surface area contributed by atoms with Gasteiger partial charge >= 0.3 is 5.97 Å². The first-order chi connectivity index (χ1) is 16.1. The van der Waals surface area contributed by atoms with E-state index in [4.69, 9.17) is 0 Å². The van der Waals surface area contributed by atoms with Crippen LogP contribution < -0.4 is 0 Å². The normalized spacial score (nSPS) is 47.5. The second-order valence-electron chi connectivity index (χ2n) is 14.7. The molecule has 0 aromatic carbocycles. The molecule has 4 heteroatoms. The Balaban J connectivity index is 1.65. The maximum atomic E-state index is 12.6. The smallest absolute Gasteiger partial charge is 0.306 e. The van der Waals surface area contributed by atoms with Crippen molar-refractivity contribution in [2.75, 3.05) is 0 Å². The van der Waals surface area contributed by atoms with Crippen LogP contribution in [0.15, 0.2) is 12.2 Å². The van der Waals surface area contributed by atoms with Crippen molar-refractivity contribution in [2.45, 2.75) is 118 Å². The van der Waals surface area contributed by atoms with E-state index in [1.165, 1.54) is 0 Å². The summed E-state index contributed by atoms with van der Waals surface area (Å²) in [5.41, 5.74) is 1.01. The molecule has 35 heavy (non-hydrogen) atoms. The standard InChI is InChI=1S/C31H52O4/c1-18(2)19(3)9-10-20(27(34)35)26-23(32)17-31(8)22-11-12-24-28(4,5)25(33)14-15-29(24,6)21(22)13-16-30(26,31)7/h18,20-26,32-33H,3,9-17H2,1-2,4-8H3,(H,34,35)/t20-,21?,22?,23-,24+,25?,26+,29-,30-,31+/m1/s1. The molecular formula is C31H52O4. The fourth-order valence-electron chi connectivity index (χ4n) is 10.4. The summed E-state index contributed by atoms with van der Waals surface area (Å²) >= 11 is 0. The van der Waals surface area contributed by atoms with Crippen LogP contribution in [0, 0.1) is 57.2 Å². The average Bonchev–Trinajstić information content (AvgIpc) is 2.97. The van der Waals surface area contributed by atoms with Gasteiger partial charge in [0.1, 0.15) is 0 Å². The largest absolute Gasteiger partial charge is 0.481 e. The molecule has 4 nitrogen and oxygen atoms in total. The van der Waals surface area contributed by atoms with Gasteiger partial charge in [-0.15, -0.1) is 0 Å². The lowest BCUT2D eigenvalue weighted by Crippen LogP contribution is -2.61. The Morgan fingerprint density at radius 1 is 0.943 bits per heavy atom. The van der Waals surface area contributed by atoms with Crippen LogP contribution in [0.5, 0.6) is 0 Å². The lowest BCUT2D eigenvalue weighted by atomic mass is 9.38. The zero-order valence-corrected chi connectivity index (χ0v) is 23.4. The first-order valence-electron chi connectivity index (χ1n) is 14.4. The maximum Gasteiger partial charge on any atom is 0.306 e. The molecule has 0 aliphatic heterocycles. The molecule has 200 valence electrons. The zero-order chi connectivity index (χ0) is 26.1. The highest BCUT2D eigenvalue weighted by molar-refractivity contribution is 5.71. The van der Waals surface area contributed by atoms with Gasteiger partial charge in [-0.05, 0) is 103 Å². The summed E-state index contributed by atoms with van der Waals surface area (Å²) in [4.78, 5) is 12.6. The maximum absolute atomic E-state index is 12.6. The van der Waals surface area contributed by atoms with Gasteiger partial charge in [-0.25, -0.2) is 0 Å².